The molecule has 8 nitrogen and oxygen atoms in total. The Balaban J connectivity index is 1.20. The third kappa shape index (κ3) is 3.83. The highest BCUT2D eigenvalue weighted by Crippen LogP contribution is 2.43. The Morgan fingerprint density at radius 2 is 1.97 bits per heavy atom. The monoisotopic (exact) mass is 486 g/mol. The zero-order valence-electron chi connectivity index (χ0n) is 18.7. The molecule has 0 radical (unpaired) electrons. The number of pyridine rings is 1. The number of nitrogens with zero attached hydrogens (tertiary/aromatic N) is 1. The van der Waals surface area contributed by atoms with Gasteiger partial charge in [0, 0.05) is 29.4 Å². The van der Waals surface area contributed by atoms with Crippen molar-refractivity contribution in [2.45, 2.75) is 18.8 Å². The number of aromatic nitrogens is 1. The summed E-state index contributed by atoms with van der Waals surface area (Å²) in [7, 11) is 0. The van der Waals surface area contributed by atoms with E-state index in [2.05, 4.69) is 20.9 Å². The van der Waals surface area contributed by atoms with Crippen LogP contribution in [0.25, 0.3) is 10.9 Å². The first-order valence-corrected chi connectivity index (χ1v) is 12.2. The highest BCUT2D eigenvalue weighted by atomic mass is 32.1. The first-order valence-electron chi connectivity index (χ1n) is 11.3. The second-order valence-electron chi connectivity index (χ2n) is 8.34. The molecule has 0 atom stereocenters. The minimum atomic E-state index is -1.45. The van der Waals surface area contributed by atoms with E-state index in [1.807, 2.05) is 41.8 Å². The molecular weight excluding hydrogens is 464 g/mol. The third-order valence-corrected chi connectivity index (χ3v) is 7.07. The van der Waals surface area contributed by atoms with Crippen LogP contribution >= 0.6 is 11.3 Å². The summed E-state index contributed by atoms with van der Waals surface area (Å²) in [5, 5.41) is 12.1. The Morgan fingerprint density at radius 3 is 2.86 bits per heavy atom. The van der Waals surface area contributed by atoms with Crippen molar-refractivity contribution in [1.82, 2.24) is 4.98 Å². The van der Waals surface area contributed by atoms with Gasteiger partial charge < -0.3 is 25.4 Å². The van der Waals surface area contributed by atoms with E-state index in [-0.39, 0.29) is 11.8 Å². The maximum Gasteiger partial charge on any atom is 0.289 e. The molecule has 176 valence electrons. The van der Waals surface area contributed by atoms with E-state index in [0.717, 1.165) is 28.6 Å². The summed E-state index contributed by atoms with van der Waals surface area (Å²) < 4.78 is 11.5. The molecule has 2 amide bonds. The maximum atomic E-state index is 13.2. The molecule has 1 fully saturated rings. The smallest absolute Gasteiger partial charge is 0.289 e. The molecule has 0 aliphatic carbocycles. The lowest BCUT2D eigenvalue weighted by atomic mass is 10.0. The molecule has 9 heteroatoms. The summed E-state index contributed by atoms with van der Waals surface area (Å²) in [6.07, 6.45) is 2.52. The fourth-order valence-electron chi connectivity index (χ4n) is 4.46. The normalized spacial score (nSPS) is 16.2. The number of rotatable bonds is 5. The number of benzene rings is 2. The molecule has 0 bridgehead atoms. The number of ether oxygens (including phenoxy) is 2. The standard InChI is InChI=1S/C26H22N4O4S/c31-24(29-17-6-7-21-19(14-17)26(25(32)30-21)33-11-3-12-34-26)23-22(9-13-35-23)28-15-16-8-10-27-20-5-2-1-4-18(16)20/h1-2,4-10,13-14,28H,3,11-12,15H2,(H,29,31)(H,30,32). The Labute approximate surface area is 205 Å². The fraction of sp³-hybridized carbons (Fsp3) is 0.192. The maximum absolute atomic E-state index is 13.2. The molecule has 2 aromatic heterocycles. The third-order valence-electron chi connectivity index (χ3n) is 6.16. The Kier molecular flexibility index (Phi) is 5.44. The van der Waals surface area contributed by atoms with Crippen molar-refractivity contribution < 1.29 is 19.1 Å². The molecular formula is C26H22N4O4S. The van der Waals surface area contributed by atoms with Crippen LogP contribution in [0.3, 0.4) is 0 Å². The summed E-state index contributed by atoms with van der Waals surface area (Å²) in [5.41, 5.74) is 4.54. The van der Waals surface area contributed by atoms with E-state index < -0.39 is 5.79 Å². The summed E-state index contributed by atoms with van der Waals surface area (Å²) in [4.78, 5) is 30.7. The number of para-hydroxylation sites is 1. The molecule has 35 heavy (non-hydrogen) atoms. The molecule has 2 aromatic carbocycles. The highest BCUT2D eigenvalue weighted by molar-refractivity contribution is 7.12. The van der Waals surface area contributed by atoms with E-state index in [1.54, 1.807) is 24.4 Å². The van der Waals surface area contributed by atoms with Crippen LogP contribution in [-0.2, 0) is 26.6 Å². The quantitative estimate of drug-likeness (QED) is 0.378. The van der Waals surface area contributed by atoms with Crippen LogP contribution in [0.15, 0.2) is 66.2 Å². The highest BCUT2D eigenvalue weighted by Gasteiger charge is 2.51. The molecule has 6 rings (SSSR count). The molecule has 0 unspecified atom stereocenters. The van der Waals surface area contributed by atoms with Crippen molar-refractivity contribution in [3.05, 3.63) is 82.2 Å². The summed E-state index contributed by atoms with van der Waals surface area (Å²) in [6.45, 7) is 1.42. The number of thiophene rings is 1. The van der Waals surface area contributed by atoms with Gasteiger partial charge in [-0.05, 0) is 53.8 Å². The number of anilines is 3. The van der Waals surface area contributed by atoms with Gasteiger partial charge in [-0.25, -0.2) is 0 Å². The molecule has 2 aliphatic heterocycles. The number of carbonyl (C=O) groups is 2. The Hall–Kier alpha value is -3.79. The summed E-state index contributed by atoms with van der Waals surface area (Å²) in [6, 6.07) is 17.1. The van der Waals surface area contributed by atoms with E-state index in [1.165, 1.54) is 11.3 Å². The van der Waals surface area contributed by atoms with Crippen LogP contribution in [-0.4, -0.2) is 30.0 Å². The number of amides is 2. The van der Waals surface area contributed by atoms with Gasteiger partial charge in [0.1, 0.15) is 4.88 Å². The first kappa shape index (κ1) is 21.7. The Morgan fingerprint density at radius 1 is 1.11 bits per heavy atom. The van der Waals surface area contributed by atoms with Gasteiger partial charge in [-0.2, -0.15) is 0 Å². The van der Waals surface area contributed by atoms with Crippen LogP contribution in [0.1, 0.15) is 27.2 Å². The molecule has 0 saturated carbocycles. The molecule has 1 saturated heterocycles. The van der Waals surface area contributed by atoms with Crippen molar-refractivity contribution >= 4 is 51.1 Å². The van der Waals surface area contributed by atoms with Gasteiger partial charge in [0.05, 0.1) is 30.1 Å². The van der Waals surface area contributed by atoms with Crippen LogP contribution in [0.5, 0.6) is 0 Å². The first-order chi connectivity index (χ1) is 17.1. The number of hydrogen-bond acceptors (Lipinski definition) is 7. The SMILES string of the molecule is O=C(Nc1ccc2c(c1)C1(OCCCO1)C(=O)N2)c1sccc1NCc1ccnc2ccccc12. The van der Waals surface area contributed by atoms with Crippen LogP contribution in [0.2, 0.25) is 0 Å². The van der Waals surface area contributed by atoms with E-state index >= 15 is 0 Å². The summed E-state index contributed by atoms with van der Waals surface area (Å²) >= 11 is 1.36. The zero-order chi connectivity index (χ0) is 23.8. The van der Waals surface area contributed by atoms with Crippen molar-refractivity contribution in [3.8, 4) is 0 Å². The van der Waals surface area contributed by atoms with Crippen LogP contribution in [0.4, 0.5) is 17.1 Å². The second kappa shape index (κ2) is 8.77. The van der Waals surface area contributed by atoms with Gasteiger partial charge in [-0.1, -0.05) is 18.2 Å². The van der Waals surface area contributed by atoms with E-state index in [9.17, 15) is 9.59 Å². The zero-order valence-corrected chi connectivity index (χ0v) is 19.5. The van der Waals surface area contributed by atoms with Crippen molar-refractivity contribution in [3.63, 3.8) is 0 Å². The molecule has 4 heterocycles. The minimum Gasteiger partial charge on any atom is -0.380 e. The van der Waals surface area contributed by atoms with Gasteiger partial charge >= 0.3 is 0 Å². The molecule has 3 N–H and O–H groups in total. The van der Waals surface area contributed by atoms with Crippen LogP contribution in [0, 0.1) is 0 Å². The van der Waals surface area contributed by atoms with Gasteiger partial charge in [-0.15, -0.1) is 11.3 Å². The predicted molar refractivity (Wildman–Crippen MR) is 135 cm³/mol. The lowest BCUT2D eigenvalue weighted by Crippen LogP contribution is -2.43. The largest absolute Gasteiger partial charge is 0.380 e. The van der Waals surface area contributed by atoms with E-state index in [0.29, 0.717) is 41.6 Å². The fourth-order valence-corrected chi connectivity index (χ4v) is 5.23. The second-order valence-corrected chi connectivity index (χ2v) is 9.26. The van der Waals surface area contributed by atoms with Crippen LogP contribution < -0.4 is 16.0 Å². The van der Waals surface area contributed by atoms with Crippen molar-refractivity contribution in [2.24, 2.45) is 0 Å². The average Bonchev–Trinajstić information content (AvgIpc) is 3.46. The molecule has 4 aromatic rings. The number of hydrogen-bond donors (Lipinski definition) is 3. The minimum absolute atomic E-state index is 0.237. The topological polar surface area (TPSA) is 102 Å². The number of fused-ring (bicyclic) bond motifs is 3. The predicted octanol–water partition coefficient (Wildman–Crippen LogP) is 4.70. The summed E-state index contributed by atoms with van der Waals surface area (Å²) in [5.74, 6) is -2.03. The van der Waals surface area contributed by atoms with E-state index in [4.69, 9.17) is 9.47 Å². The lowest BCUT2D eigenvalue weighted by molar-refractivity contribution is -0.255. The van der Waals surface area contributed by atoms with Crippen molar-refractivity contribution in [1.29, 1.82) is 0 Å². The number of carbonyl (C=O) groups excluding carboxylic acids is 2. The van der Waals surface area contributed by atoms with Gasteiger partial charge in [0.25, 0.3) is 17.6 Å². The van der Waals surface area contributed by atoms with Gasteiger partial charge in [-0.3, -0.25) is 14.6 Å². The molecule has 1 spiro atoms. The van der Waals surface area contributed by atoms with Gasteiger partial charge in [0.15, 0.2) is 0 Å². The van der Waals surface area contributed by atoms with Crippen molar-refractivity contribution in [2.75, 3.05) is 29.2 Å². The number of nitrogens with one attached hydrogen (secondary N) is 3. The van der Waals surface area contributed by atoms with Gasteiger partial charge in [0.2, 0.25) is 0 Å². The lowest BCUT2D eigenvalue weighted by Gasteiger charge is -2.31. The average molecular weight is 487 g/mol. The molecule has 2 aliphatic rings. The Bertz CT molecular complexity index is 1440.